The van der Waals surface area contributed by atoms with Crippen LogP contribution in [0.2, 0.25) is 0 Å². The number of nitrogens with one attached hydrogen (secondary N) is 2. The van der Waals surface area contributed by atoms with Gasteiger partial charge in [-0.25, -0.2) is 15.0 Å². The molecule has 0 saturated heterocycles. The van der Waals surface area contributed by atoms with Crippen molar-refractivity contribution < 1.29 is 0 Å². The van der Waals surface area contributed by atoms with Gasteiger partial charge >= 0.3 is 0 Å². The fourth-order valence-electron chi connectivity index (χ4n) is 1.57. The summed E-state index contributed by atoms with van der Waals surface area (Å²) in [6, 6.07) is 0.566. The first-order chi connectivity index (χ1) is 6.84. The molecule has 3 rings (SSSR count). The molecule has 0 radical (unpaired) electrons. The van der Waals surface area contributed by atoms with E-state index < -0.39 is 0 Å². The van der Waals surface area contributed by atoms with E-state index in [4.69, 9.17) is 0 Å². The predicted octanol–water partition coefficient (Wildman–Crippen LogP) is 1.17. The molecule has 1 fully saturated rings. The Bertz CT molecular complexity index is 463. The van der Waals surface area contributed by atoms with Crippen LogP contribution in [0.25, 0.3) is 11.2 Å². The number of hydrogen-bond acceptors (Lipinski definition) is 4. The number of anilines is 1. The van der Waals surface area contributed by atoms with Crippen LogP contribution < -0.4 is 5.32 Å². The van der Waals surface area contributed by atoms with Gasteiger partial charge in [0, 0.05) is 6.04 Å². The highest BCUT2D eigenvalue weighted by atomic mass is 15.1. The minimum atomic E-state index is 0.566. The van der Waals surface area contributed by atoms with E-state index in [1.165, 1.54) is 6.42 Å². The second-order valence-corrected chi connectivity index (χ2v) is 3.79. The third kappa shape index (κ3) is 1.13. The van der Waals surface area contributed by atoms with E-state index >= 15 is 0 Å². The summed E-state index contributed by atoms with van der Waals surface area (Å²) in [5.74, 6) is 1.62. The molecular formula is C9H11N5. The number of H-pyrrole nitrogens is 1. The van der Waals surface area contributed by atoms with Crippen molar-refractivity contribution in [3.63, 3.8) is 0 Å². The van der Waals surface area contributed by atoms with Crippen LogP contribution >= 0.6 is 0 Å². The Hall–Kier alpha value is -1.65. The van der Waals surface area contributed by atoms with Crippen molar-refractivity contribution in [1.29, 1.82) is 0 Å². The summed E-state index contributed by atoms with van der Waals surface area (Å²) in [4.78, 5) is 15.4. The molecule has 2 heterocycles. The molecule has 2 aromatic heterocycles. The first-order valence-corrected chi connectivity index (χ1v) is 4.75. The SMILES string of the molecule is CC1CC1Nc1ncnc2nc[nH]c12. The summed E-state index contributed by atoms with van der Waals surface area (Å²) in [5, 5.41) is 3.37. The number of fused-ring (bicyclic) bond motifs is 1. The highest BCUT2D eigenvalue weighted by molar-refractivity contribution is 5.82. The average molecular weight is 189 g/mol. The summed E-state index contributed by atoms with van der Waals surface area (Å²) in [6.45, 7) is 2.23. The summed E-state index contributed by atoms with van der Waals surface area (Å²) in [6.07, 6.45) is 4.40. The lowest BCUT2D eigenvalue weighted by Crippen LogP contribution is -2.06. The van der Waals surface area contributed by atoms with E-state index in [1.54, 1.807) is 12.7 Å². The Morgan fingerprint density at radius 1 is 1.43 bits per heavy atom. The van der Waals surface area contributed by atoms with Gasteiger partial charge in [0.2, 0.25) is 0 Å². The van der Waals surface area contributed by atoms with Gasteiger partial charge < -0.3 is 10.3 Å². The van der Waals surface area contributed by atoms with Gasteiger partial charge in [-0.1, -0.05) is 6.92 Å². The molecule has 1 aliphatic carbocycles. The van der Waals surface area contributed by atoms with Crippen LogP contribution in [0, 0.1) is 5.92 Å². The third-order valence-corrected chi connectivity index (χ3v) is 2.65. The van der Waals surface area contributed by atoms with Crippen molar-refractivity contribution in [2.45, 2.75) is 19.4 Å². The lowest BCUT2D eigenvalue weighted by molar-refractivity contribution is 0.923. The first-order valence-electron chi connectivity index (χ1n) is 4.75. The number of nitrogens with zero attached hydrogens (tertiary/aromatic N) is 3. The van der Waals surface area contributed by atoms with Crippen LogP contribution in [-0.2, 0) is 0 Å². The topological polar surface area (TPSA) is 66.5 Å². The zero-order chi connectivity index (χ0) is 9.54. The van der Waals surface area contributed by atoms with Crippen LogP contribution in [-0.4, -0.2) is 26.0 Å². The minimum absolute atomic E-state index is 0.566. The minimum Gasteiger partial charge on any atom is -0.365 e. The molecule has 0 amide bonds. The molecule has 5 nitrogen and oxygen atoms in total. The van der Waals surface area contributed by atoms with E-state index in [-0.39, 0.29) is 0 Å². The van der Waals surface area contributed by atoms with Crippen molar-refractivity contribution in [3.8, 4) is 0 Å². The Labute approximate surface area is 81.0 Å². The van der Waals surface area contributed by atoms with Gasteiger partial charge in [-0.2, -0.15) is 0 Å². The molecule has 2 unspecified atom stereocenters. The lowest BCUT2D eigenvalue weighted by atomic mass is 10.4. The zero-order valence-corrected chi connectivity index (χ0v) is 7.86. The predicted molar refractivity (Wildman–Crippen MR) is 52.9 cm³/mol. The van der Waals surface area contributed by atoms with Gasteiger partial charge in [0.05, 0.1) is 6.33 Å². The fraction of sp³-hybridized carbons (Fsp3) is 0.444. The molecule has 72 valence electrons. The third-order valence-electron chi connectivity index (χ3n) is 2.65. The maximum atomic E-state index is 4.20. The quantitative estimate of drug-likeness (QED) is 0.744. The number of hydrogen-bond donors (Lipinski definition) is 2. The number of aromatic nitrogens is 4. The maximum absolute atomic E-state index is 4.20. The molecule has 0 spiro atoms. The first kappa shape index (κ1) is 7.73. The van der Waals surface area contributed by atoms with Gasteiger partial charge in [0.1, 0.15) is 11.8 Å². The Morgan fingerprint density at radius 3 is 3.07 bits per heavy atom. The summed E-state index contributed by atoms with van der Waals surface area (Å²) in [7, 11) is 0. The second-order valence-electron chi connectivity index (χ2n) is 3.79. The van der Waals surface area contributed by atoms with Crippen LogP contribution in [0.4, 0.5) is 5.82 Å². The van der Waals surface area contributed by atoms with Crippen LogP contribution in [0.3, 0.4) is 0 Å². The molecular weight excluding hydrogens is 178 g/mol. The molecule has 1 aliphatic rings. The molecule has 14 heavy (non-hydrogen) atoms. The fourth-order valence-corrected chi connectivity index (χ4v) is 1.57. The van der Waals surface area contributed by atoms with Crippen molar-refractivity contribution >= 4 is 17.0 Å². The van der Waals surface area contributed by atoms with Gasteiger partial charge in [-0.3, -0.25) is 0 Å². The van der Waals surface area contributed by atoms with Crippen molar-refractivity contribution in [2.75, 3.05) is 5.32 Å². The van der Waals surface area contributed by atoms with Crippen molar-refractivity contribution in [3.05, 3.63) is 12.7 Å². The maximum Gasteiger partial charge on any atom is 0.182 e. The number of imidazole rings is 1. The monoisotopic (exact) mass is 189 g/mol. The van der Waals surface area contributed by atoms with E-state index in [0.29, 0.717) is 6.04 Å². The number of rotatable bonds is 2. The summed E-state index contributed by atoms with van der Waals surface area (Å²) < 4.78 is 0. The van der Waals surface area contributed by atoms with Gasteiger partial charge in [-0.05, 0) is 12.3 Å². The normalized spacial score (nSPS) is 25.2. The van der Waals surface area contributed by atoms with Gasteiger partial charge in [0.25, 0.3) is 0 Å². The average Bonchev–Trinajstić information content (AvgIpc) is 2.69. The van der Waals surface area contributed by atoms with E-state index in [1.807, 2.05) is 0 Å². The highest BCUT2D eigenvalue weighted by Crippen LogP contribution is 2.33. The standard InChI is InChI=1S/C9H11N5/c1-5-2-6(5)14-9-7-8(11-3-10-7)12-4-13-9/h3-6H,2H2,1H3,(H2,10,11,12,13,14). The molecule has 0 aromatic carbocycles. The lowest BCUT2D eigenvalue weighted by Gasteiger charge is -2.03. The Balaban J connectivity index is 1.98. The smallest absolute Gasteiger partial charge is 0.182 e. The molecule has 1 saturated carbocycles. The van der Waals surface area contributed by atoms with Crippen LogP contribution in [0.1, 0.15) is 13.3 Å². The van der Waals surface area contributed by atoms with Gasteiger partial charge in [0.15, 0.2) is 11.5 Å². The summed E-state index contributed by atoms with van der Waals surface area (Å²) >= 11 is 0. The zero-order valence-electron chi connectivity index (χ0n) is 7.86. The molecule has 2 N–H and O–H groups in total. The molecule has 5 heteroatoms. The largest absolute Gasteiger partial charge is 0.365 e. The van der Waals surface area contributed by atoms with E-state index in [2.05, 4.69) is 32.2 Å². The van der Waals surface area contributed by atoms with Crippen LogP contribution in [0.15, 0.2) is 12.7 Å². The summed E-state index contributed by atoms with van der Waals surface area (Å²) in [5.41, 5.74) is 1.61. The van der Waals surface area contributed by atoms with E-state index in [0.717, 1.165) is 22.9 Å². The molecule has 0 aliphatic heterocycles. The second kappa shape index (κ2) is 2.67. The number of aromatic amines is 1. The molecule has 0 bridgehead atoms. The van der Waals surface area contributed by atoms with Crippen molar-refractivity contribution in [2.24, 2.45) is 5.92 Å². The van der Waals surface area contributed by atoms with E-state index in [9.17, 15) is 0 Å². The highest BCUT2D eigenvalue weighted by Gasteiger charge is 2.33. The van der Waals surface area contributed by atoms with Crippen LogP contribution in [0.5, 0.6) is 0 Å². The molecule has 2 atom stereocenters. The molecule has 2 aromatic rings. The Morgan fingerprint density at radius 2 is 2.29 bits per heavy atom. The van der Waals surface area contributed by atoms with Gasteiger partial charge in [-0.15, -0.1) is 0 Å². The Kier molecular flexibility index (Phi) is 1.47. The van der Waals surface area contributed by atoms with Crippen molar-refractivity contribution in [1.82, 2.24) is 19.9 Å².